The third-order valence-electron chi connectivity index (χ3n) is 2.53. The van der Waals surface area contributed by atoms with Crippen molar-refractivity contribution in [2.75, 3.05) is 13.1 Å². The summed E-state index contributed by atoms with van der Waals surface area (Å²) in [6, 6.07) is 4.40. The van der Waals surface area contributed by atoms with Crippen LogP contribution in [0, 0.1) is 5.82 Å². The number of benzene rings is 1. The molecule has 1 N–H and O–H groups in total. The lowest BCUT2D eigenvalue weighted by atomic mass is 9.96. The Morgan fingerprint density at radius 1 is 1.56 bits per heavy atom. The molecular weight excluding hydrogens is 277 g/mol. The van der Waals surface area contributed by atoms with Gasteiger partial charge in [0.2, 0.25) is 0 Å². The highest BCUT2D eigenvalue weighted by atomic mass is 79.9. The Bertz CT molecular complexity index is 419. The predicted molar refractivity (Wildman–Crippen MR) is 60.6 cm³/mol. The van der Waals surface area contributed by atoms with Crippen molar-refractivity contribution in [2.45, 2.75) is 12.5 Å². The van der Waals surface area contributed by atoms with Crippen molar-refractivity contribution in [3.8, 4) is 0 Å². The first kappa shape index (κ1) is 11.5. The maximum atomic E-state index is 13.5. The molecule has 16 heavy (non-hydrogen) atoms. The van der Waals surface area contributed by atoms with Gasteiger partial charge in [0.15, 0.2) is 0 Å². The van der Waals surface area contributed by atoms with E-state index in [4.69, 9.17) is 0 Å². The van der Waals surface area contributed by atoms with Crippen LogP contribution in [0.25, 0.3) is 0 Å². The van der Waals surface area contributed by atoms with Gasteiger partial charge in [0.25, 0.3) is 5.91 Å². The van der Waals surface area contributed by atoms with Crippen LogP contribution in [0.1, 0.15) is 17.3 Å². The third-order valence-corrected chi connectivity index (χ3v) is 3.19. The Labute approximate surface area is 101 Å². The van der Waals surface area contributed by atoms with E-state index in [1.807, 2.05) is 0 Å². The number of halogens is 2. The van der Waals surface area contributed by atoms with E-state index in [0.717, 1.165) is 0 Å². The van der Waals surface area contributed by atoms with E-state index in [-0.39, 0.29) is 18.7 Å². The minimum atomic E-state index is -0.840. The molecule has 3 nitrogen and oxygen atoms in total. The summed E-state index contributed by atoms with van der Waals surface area (Å²) < 4.78 is 13.9. The van der Waals surface area contributed by atoms with Gasteiger partial charge in [-0.2, -0.15) is 0 Å². The molecule has 0 spiro atoms. The highest BCUT2D eigenvalue weighted by Gasteiger charge is 2.40. The van der Waals surface area contributed by atoms with Gasteiger partial charge in [-0.1, -0.05) is 6.07 Å². The zero-order valence-electron chi connectivity index (χ0n) is 8.70. The van der Waals surface area contributed by atoms with Gasteiger partial charge >= 0.3 is 0 Å². The minimum absolute atomic E-state index is 0.0259. The van der Waals surface area contributed by atoms with E-state index in [2.05, 4.69) is 15.9 Å². The van der Waals surface area contributed by atoms with Crippen molar-refractivity contribution >= 4 is 21.8 Å². The molecule has 0 aromatic heterocycles. The number of amides is 1. The van der Waals surface area contributed by atoms with Gasteiger partial charge in [0.1, 0.15) is 5.82 Å². The average Bonchev–Trinajstić information content (AvgIpc) is 2.13. The molecule has 0 unspecified atom stereocenters. The fraction of sp³-hybridized carbons (Fsp3) is 0.364. The minimum Gasteiger partial charge on any atom is -0.386 e. The van der Waals surface area contributed by atoms with Crippen LogP contribution in [0.2, 0.25) is 0 Å². The smallest absolute Gasteiger partial charge is 0.258 e. The van der Waals surface area contributed by atoms with E-state index in [0.29, 0.717) is 4.47 Å². The molecule has 1 saturated heterocycles. The van der Waals surface area contributed by atoms with E-state index >= 15 is 0 Å². The topological polar surface area (TPSA) is 40.5 Å². The van der Waals surface area contributed by atoms with Crippen molar-refractivity contribution in [2.24, 2.45) is 0 Å². The predicted octanol–water partition coefficient (Wildman–Crippen LogP) is 1.80. The van der Waals surface area contributed by atoms with Gasteiger partial charge in [-0.3, -0.25) is 4.79 Å². The lowest BCUT2D eigenvalue weighted by molar-refractivity contribution is -0.0670. The molecule has 1 aliphatic heterocycles. The maximum absolute atomic E-state index is 13.5. The van der Waals surface area contributed by atoms with Crippen LogP contribution >= 0.6 is 15.9 Å². The molecule has 5 heteroatoms. The Hall–Kier alpha value is -0.940. The summed E-state index contributed by atoms with van der Waals surface area (Å²) >= 11 is 3.15. The standard InChI is InChI=1S/C11H11BrFNO2/c1-11(16)5-14(6-11)10(15)9-7(12)3-2-4-8(9)13/h2-4,16H,5-6H2,1H3. The molecule has 2 rings (SSSR count). The summed E-state index contributed by atoms with van der Waals surface area (Å²) in [4.78, 5) is 13.3. The first-order valence-electron chi connectivity index (χ1n) is 4.86. The van der Waals surface area contributed by atoms with Crippen LogP contribution in [-0.2, 0) is 0 Å². The number of aliphatic hydroxyl groups is 1. The molecule has 0 bridgehead atoms. The van der Waals surface area contributed by atoms with E-state index in [9.17, 15) is 14.3 Å². The number of hydrogen-bond donors (Lipinski definition) is 1. The zero-order chi connectivity index (χ0) is 11.9. The summed E-state index contributed by atoms with van der Waals surface area (Å²) in [5, 5.41) is 9.52. The molecule has 1 aromatic carbocycles. The van der Waals surface area contributed by atoms with Crippen LogP contribution < -0.4 is 0 Å². The number of carbonyl (C=O) groups is 1. The third kappa shape index (κ3) is 1.97. The number of nitrogens with zero attached hydrogens (tertiary/aromatic N) is 1. The molecule has 1 fully saturated rings. The normalized spacial score (nSPS) is 18.1. The Kier molecular flexibility index (Phi) is 2.75. The summed E-state index contributed by atoms with van der Waals surface area (Å²) in [6.07, 6.45) is 0. The van der Waals surface area contributed by atoms with Crippen LogP contribution in [0.5, 0.6) is 0 Å². The number of likely N-dealkylation sites (tertiary alicyclic amines) is 1. The zero-order valence-corrected chi connectivity index (χ0v) is 10.3. The lowest BCUT2D eigenvalue weighted by Gasteiger charge is -2.44. The highest BCUT2D eigenvalue weighted by molar-refractivity contribution is 9.10. The summed E-state index contributed by atoms with van der Waals surface area (Å²) in [5.74, 6) is -0.942. The fourth-order valence-corrected chi connectivity index (χ4v) is 2.29. The number of β-amino-alcohol motifs (C(OH)–C–C–N with tert-alkyl or cyclic N) is 1. The number of carbonyl (C=O) groups excluding carboxylic acids is 1. The summed E-state index contributed by atoms with van der Waals surface area (Å²) in [5.41, 5.74) is -0.814. The summed E-state index contributed by atoms with van der Waals surface area (Å²) in [7, 11) is 0. The quantitative estimate of drug-likeness (QED) is 0.856. The molecule has 1 aliphatic rings. The molecule has 1 amide bonds. The van der Waals surface area contributed by atoms with E-state index in [1.54, 1.807) is 13.0 Å². The second kappa shape index (κ2) is 3.82. The molecule has 0 atom stereocenters. The van der Waals surface area contributed by atoms with Gasteiger partial charge in [-0.05, 0) is 35.0 Å². The van der Waals surface area contributed by atoms with Gasteiger partial charge in [-0.25, -0.2) is 4.39 Å². The molecular formula is C11H11BrFNO2. The molecule has 86 valence electrons. The van der Waals surface area contributed by atoms with Gasteiger partial charge in [0, 0.05) is 4.47 Å². The average molecular weight is 288 g/mol. The molecule has 0 saturated carbocycles. The van der Waals surface area contributed by atoms with Gasteiger partial charge in [-0.15, -0.1) is 0 Å². The summed E-state index contributed by atoms with van der Waals surface area (Å²) in [6.45, 7) is 2.13. The van der Waals surface area contributed by atoms with Crippen molar-refractivity contribution in [1.82, 2.24) is 4.90 Å². The second-order valence-electron chi connectivity index (χ2n) is 4.25. The SMILES string of the molecule is CC1(O)CN(C(=O)c2c(F)cccc2Br)C1. The van der Waals surface area contributed by atoms with Crippen molar-refractivity contribution < 1.29 is 14.3 Å². The Morgan fingerprint density at radius 2 is 2.19 bits per heavy atom. The Balaban J connectivity index is 2.23. The van der Waals surface area contributed by atoms with Crippen LogP contribution in [0.4, 0.5) is 4.39 Å². The highest BCUT2D eigenvalue weighted by Crippen LogP contribution is 2.26. The van der Waals surface area contributed by atoms with Crippen LogP contribution in [0.15, 0.2) is 22.7 Å². The van der Waals surface area contributed by atoms with Crippen molar-refractivity contribution in [3.63, 3.8) is 0 Å². The van der Waals surface area contributed by atoms with Crippen molar-refractivity contribution in [3.05, 3.63) is 34.1 Å². The monoisotopic (exact) mass is 287 g/mol. The molecule has 0 radical (unpaired) electrons. The van der Waals surface area contributed by atoms with Gasteiger partial charge in [0.05, 0.1) is 24.3 Å². The Morgan fingerprint density at radius 3 is 2.69 bits per heavy atom. The van der Waals surface area contributed by atoms with E-state index < -0.39 is 17.3 Å². The van der Waals surface area contributed by atoms with Crippen molar-refractivity contribution in [1.29, 1.82) is 0 Å². The first-order chi connectivity index (χ1) is 7.41. The molecule has 1 heterocycles. The van der Waals surface area contributed by atoms with E-state index in [1.165, 1.54) is 17.0 Å². The number of hydrogen-bond acceptors (Lipinski definition) is 2. The molecule has 1 aromatic rings. The van der Waals surface area contributed by atoms with Crippen LogP contribution in [-0.4, -0.2) is 34.6 Å². The van der Waals surface area contributed by atoms with Crippen LogP contribution in [0.3, 0.4) is 0 Å². The number of rotatable bonds is 1. The fourth-order valence-electron chi connectivity index (χ4n) is 1.78. The molecule has 0 aliphatic carbocycles. The second-order valence-corrected chi connectivity index (χ2v) is 5.11. The lowest BCUT2D eigenvalue weighted by Crippen LogP contribution is -2.61. The largest absolute Gasteiger partial charge is 0.386 e. The maximum Gasteiger partial charge on any atom is 0.258 e. The first-order valence-corrected chi connectivity index (χ1v) is 5.66. The van der Waals surface area contributed by atoms with Gasteiger partial charge < -0.3 is 10.0 Å².